The van der Waals surface area contributed by atoms with Crippen LogP contribution < -0.4 is 10.1 Å². The summed E-state index contributed by atoms with van der Waals surface area (Å²) in [6.07, 6.45) is 9.01. The number of ether oxygens (including phenoxy) is 1. The lowest BCUT2D eigenvalue weighted by Crippen LogP contribution is -2.31. The number of nitrogens with zero attached hydrogens (tertiary/aromatic N) is 6. The van der Waals surface area contributed by atoms with E-state index in [2.05, 4.69) is 32.4 Å². The number of nitrogens with one attached hydrogen (secondary N) is 1. The van der Waals surface area contributed by atoms with Crippen LogP contribution in [-0.4, -0.2) is 55.5 Å². The summed E-state index contributed by atoms with van der Waals surface area (Å²) in [6, 6.07) is 24.3. The van der Waals surface area contributed by atoms with Crippen molar-refractivity contribution >= 4 is 17.3 Å². The molecule has 0 amide bonds. The first kappa shape index (κ1) is 24.2. The molecule has 4 heterocycles. The molecule has 1 aliphatic heterocycles. The first-order chi connectivity index (χ1) is 18.8. The minimum absolute atomic E-state index is 0.546. The number of aromatic nitrogens is 5. The Morgan fingerprint density at radius 2 is 1.71 bits per heavy atom. The van der Waals surface area contributed by atoms with Gasteiger partial charge < -0.3 is 15.0 Å². The topological polar surface area (TPSA) is 72.5 Å². The number of fused-ring (bicyclic) bond motifs is 1. The van der Waals surface area contributed by atoms with E-state index in [-0.39, 0.29) is 0 Å². The highest BCUT2D eigenvalue weighted by Gasteiger charge is 2.12. The van der Waals surface area contributed by atoms with Gasteiger partial charge in [-0.1, -0.05) is 42.8 Å². The van der Waals surface area contributed by atoms with E-state index in [0.717, 1.165) is 54.5 Å². The average Bonchev–Trinajstić information content (AvgIpc) is 3.60. The Bertz CT molecular complexity index is 1450. The highest BCUT2D eigenvalue weighted by atomic mass is 16.5. The summed E-state index contributed by atoms with van der Waals surface area (Å²) in [4.78, 5) is 7.22. The lowest BCUT2D eigenvalue weighted by Gasteiger charge is -2.26. The van der Waals surface area contributed by atoms with Gasteiger partial charge in [-0.2, -0.15) is 10.1 Å². The molecule has 3 aromatic heterocycles. The van der Waals surface area contributed by atoms with Gasteiger partial charge >= 0.3 is 0 Å². The number of benzene rings is 2. The molecule has 2 aromatic carbocycles. The molecule has 38 heavy (non-hydrogen) atoms. The molecule has 0 spiro atoms. The minimum Gasteiger partial charge on any atom is -0.494 e. The third-order valence-corrected chi connectivity index (χ3v) is 6.92. The van der Waals surface area contributed by atoms with E-state index >= 15 is 0 Å². The van der Waals surface area contributed by atoms with Crippen LogP contribution in [0.25, 0.3) is 16.9 Å². The van der Waals surface area contributed by atoms with Crippen LogP contribution in [0.4, 0.5) is 11.6 Å². The molecule has 1 fully saturated rings. The predicted octanol–water partition coefficient (Wildman–Crippen LogP) is 5.64. The summed E-state index contributed by atoms with van der Waals surface area (Å²) < 4.78 is 9.75. The van der Waals surface area contributed by atoms with E-state index in [4.69, 9.17) is 9.84 Å². The molecule has 0 bridgehead atoms. The molecule has 0 radical (unpaired) electrons. The van der Waals surface area contributed by atoms with Gasteiger partial charge in [0, 0.05) is 24.0 Å². The highest BCUT2D eigenvalue weighted by Crippen LogP contribution is 2.23. The van der Waals surface area contributed by atoms with E-state index in [1.807, 2.05) is 82.3 Å². The quantitative estimate of drug-likeness (QED) is 0.247. The fourth-order valence-electron chi connectivity index (χ4n) is 4.95. The van der Waals surface area contributed by atoms with Crippen molar-refractivity contribution < 1.29 is 4.74 Å². The maximum absolute atomic E-state index is 5.96. The number of pyridine rings is 1. The van der Waals surface area contributed by atoms with E-state index in [9.17, 15) is 0 Å². The van der Waals surface area contributed by atoms with Crippen molar-refractivity contribution in [2.75, 3.05) is 31.6 Å². The van der Waals surface area contributed by atoms with Crippen molar-refractivity contribution in [1.29, 1.82) is 0 Å². The molecule has 5 aromatic rings. The summed E-state index contributed by atoms with van der Waals surface area (Å²) in [7, 11) is 0. The molecular weight excluding hydrogens is 474 g/mol. The highest BCUT2D eigenvalue weighted by molar-refractivity contribution is 5.64. The van der Waals surface area contributed by atoms with Crippen LogP contribution >= 0.6 is 0 Å². The lowest BCUT2D eigenvalue weighted by molar-refractivity contribution is 0.205. The Balaban J connectivity index is 1.08. The van der Waals surface area contributed by atoms with Gasteiger partial charge in [-0.3, -0.25) is 4.68 Å². The normalized spacial score (nSPS) is 14.1. The number of rotatable bonds is 10. The van der Waals surface area contributed by atoms with Crippen molar-refractivity contribution in [3.8, 4) is 17.0 Å². The monoisotopic (exact) mass is 507 g/mol. The first-order valence-electron chi connectivity index (χ1n) is 13.4. The van der Waals surface area contributed by atoms with Crippen LogP contribution in [0.2, 0.25) is 0 Å². The van der Waals surface area contributed by atoms with Gasteiger partial charge in [0.2, 0.25) is 5.95 Å². The number of hydrogen-bond acceptors (Lipinski definition) is 6. The molecule has 6 rings (SSSR count). The van der Waals surface area contributed by atoms with Crippen LogP contribution in [0.15, 0.2) is 85.2 Å². The third kappa shape index (κ3) is 5.86. The van der Waals surface area contributed by atoms with Crippen LogP contribution in [-0.2, 0) is 6.54 Å². The van der Waals surface area contributed by atoms with Gasteiger partial charge in [-0.15, -0.1) is 5.10 Å². The van der Waals surface area contributed by atoms with Crippen LogP contribution in [0.5, 0.6) is 5.75 Å². The van der Waals surface area contributed by atoms with Gasteiger partial charge in [-0.05, 0) is 74.3 Å². The maximum atomic E-state index is 5.96. The van der Waals surface area contributed by atoms with Crippen molar-refractivity contribution in [3.63, 3.8) is 0 Å². The molecule has 8 heteroatoms. The zero-order valence-corrected chi connectivity index (χ0v) is 21.5. The van der Waals surface area contributed by atoms with E-state index in [1.54, 1.807) is 0 Å². The molecular formula is C30H33N7O. The van der Waals surface area contributed by atoms with Crippen LogP contribution in [0, 0.1) is 0 Å². The second kappa shape index (κ2) is 11.5. The molecule has 0 unspecified atom stereocenters. The molecule has 8 nitrogen and oxygen atoms in total. The predicted molar refractivity (Wildman–Crippen MR) is 150 cm³/mol. The molecule has 1 N–H and O–H groups in total. The third-order valence-electron chi connectivity index (χ3n) is 6.92. The Morgan fingerprint density at radius 3 is 2.55 bits per heavy atom. The molecule has 0 saturated carbocycles. The minimum atomic E-state index is 0.546. The zero-order chi connectivity index (χ0) is 25.6. The zero-order valence-electron chi connectivity index (χ0n) is 21.5. The van der Waals surface area contributed by atoms with E-state index in [0.29, 0.717) is 5.95 Å². The fourth-order valence-corrected chi connectivity index (χ4v) is 4.95. The molecule has 0 aliphatic carbocycles. The van der Waals surface area contributed by atoms with Gasteiger partial charge in [0.25, 0.3) is 0 Å². The Morgan fingerprint density at radius 1 is 0.868 bits per heavy atom. The summed E-state index contributed by atoms with van der Waals surface area (Å²) in [5, 5.41) is 12.6. The smallest absolute Gasteiger partial charge is 0.247 e. The van der Waals surface area contributed by atoms with Crippen molar-refractivity contribution in [2.45, 2.75) is 32.2 Å². The molecule has 1 saturated heterocycles. The van der Waals surface area contributed by atoms with E-state index in [1.165, 1.54) is 37.9 Å². The standard InChI is InChI=1S/C30H33N7O/c1-3-9-24(10-4-1)22-36-23-25(21-31-36)28-11-7-12-29-33-30(34-37(28)29)32-26-13-15-27(16-14-26)38-20-8-19-35-17-5-2-6-18-35/h1,3-4,7,9-16,21,23H,2,5-6,8,17-20,22H2,(H,32,34). The van der Waals surface area contributed by atoms with Crippen molar-refractivity contribution in [2.24, 2.45) is 0 Å². The number of hydrogen-bond donors (Lipinski definition) is 1. The Kier molecular flexibility index (Phi) is 7.31. The molecule has 194 valence electrons. The molecule has 1 aliphatic rings. The van der Waals surface area contributed by atoms with E-state index < -0.39 is 0 Å². The number of anilines is 2. The van der Waals surface area contributed by atoms with Gasteiger partial charge in [0.05, 0.1) is 25.0 Å². The van der Waals surface area contributed by atoms with Gasteiger partial charge in [-0.25, -0.2) is 4.52 Å². The first-order valence-corrected chi connectivity index (χ1v) is 13.4. The average molecular weight is 508 g/mol. The van der Waals surface area contributed by atoms with Crippen molar-refractivity contribution in [1.82, 2.24) is 29.3 Å². The van der Waals surface area contributed by atoms with Crippen molar-refractivity contribution in [3.05, 3.63) is 90.8 Å². The summed E-state index contributed by atoms with van der Waals surface area (Å²) >= 11 is 0. The Labute approximate surface area is 222 Å². The van der Waals surface area contributed by atoms with Gasteiger partial charge in [0.15, 0.2) is 5.65 Å². The summed E-state index contributed by atoms with van der Waals surface area (Å²) in [5.74, 6) is 1.43. The van der Waals surface area contributed by atoms with Crippen LogP contribution in [0.3, 0.4) is 0 Å². The summed E-state index contributed by atoms with van der Waals surface area (Å²) in [5.41, 5.74) is 4.83. The summed E-state index contributed by atoms with van der Waals surface area (Å²) in [6.45, 7) is 5.05. The largest absolute Gasteiger partial charge is 0.494 e. The lowest BCUT2D eigenvalue weighted by atomic mass is 10.1. The van der Waals surface area contributed by atoms with Crippen LogP contribution in [0.1, 0.15) is 31.2 Å². The maximum Gasteiger partial charge on any atom is 0.247 e. The Hall–Kier alpha value is -4.17. The molecule has 0 atom stereocenters. The fraction of sp³-hybridized carbons (Fsp3) is 0.300. The second-order valence-electron chi connectivity index (χ2n) is 9.78. The number of likely N-dealkylation sites (tertiary alicyclic amines) is 1. The second-order valence-corrected chi connectivity index (χ2v) is 9.78. The van der Waals surface area contributed by atoms with Gasteiger partial charge in [0.1, 0.15) is 5.75 Å². The SMILES string of the molecule is c1ccc(Cn2cc(-c3cccc4nc(Nc5ccc(OCCCN6CCCCC6)cc5)nn34)cn2)cc1. The number of piperidine rings is 1.